The fourth-order valence-corrected chi connectivity index (χ4v) is 1.53. The number of hydrogen-bond acceptors (Lipinski definition) is 3. The minimum Gasteiger partial charge on any atom is -0.364 e. The summed E-state index contributed by atoms with van der Waals surface area (Å²) in [6, 6.07) is 7.26. The van der Waals surface area contributed by atoms with Crippen molar-refractivity contribution in [1.29, 1.82) is 0 Å². The summed E-state index contributed by atoms with van der Waals surface area (Å²) in [6.07, 6.45) is 3.47. The molecule has 0 aliphatic heterocycles. The zero-order chi connectivity index (χ0) is 11.5. The quantitative estimate of drug-likeness (QED) is 0.822. The molecule has 0 aliphatic rings. The molecular weight excluding hydrogens is 202 g/mol. The number of pyridine rings is 2. The van der Waals surface area contributed by atoms with Crippen molar-refractivity contribution < 1.29 is 4.79 Å². The van der Waals surface area contributed by atoms with E-state index in [1.165, 1.54) is 0 Å². The van der Waals surface area contributed by atoms with E-state index in [1.54, 1.807) is 18.5 Å². The van der Waals surface area contributed by atoms with E-state index in [0.717, 1.165) is 16.8 Å². The summed E-state index contributed by atoms with van der Waals surface area (Å²) in [6.45, 7) is 1.84. The van der Waals surface area contributed by atoms with Crippen molar-refractivity contribution in [2.45, 2.75) is 6.92 Å². The van der Waals surface area contributed by atoms with Crippen LogP contribution in [0.25, 0.3) is 11.1 Å². The van der Waals surface area contributed by atoms with Crippen LogP contribution in [0.3, 0.4) is 0 Å². The van der Waals surface area contributed by atoms with Crippen LogP contribution in [0.2, 0.25) is 0 Å². The predicted octanol–water partition coefficient (Wildman–Crippen LogP) is 1.55. The molecule has 4 nitrogen and oxygen atoms in total. The summed E-state index contributed by atoms with van der Waals surface area (Å²) in [5.41, 5.74) is 8.14. The highest BCUT2D eigenvalue weighted by molar-refractivity contribution is 5.91. The summed E-state index contributed by atoms with van der Waals surface area (Å²) >= 11 is 0. The zero-order valence-electron chi connectivity index (χ0n) is 8.84. The van der Waals surface area contributed by atoms with Crippen molar-refractivity contribution in [2.75, 3.05) is 0 Å². The van der Waals surface area contributed by atoms with Crippen LogP contribution in [0.15, 0.2) is 36.7 Å². The minimum atomic E-state index is -0.513. The van der Waals surface area contributed by atoms with Crippen LogP contribution >= 0.6 is 0 Å². The van der Waals surface area contributed by atoms with Crippen LogP contribution in [0, 0.1) is 6.92 Å². The number of hydrogen-bond donors (Lipinski definition) is 1. The van der Waals surface area contributed by atoms with Gasteiger partial charge >= 0.3 is 0 Å². The van der Waals surface area contributed by atoms with Gasteiger partial charge in [-0.05, 0) is 19.1 Å². The molecule has 0 aliphatic carbocycles. The third-order valence-electron chi connectivity index (χ3n) is 2.31. The lowest BCUT2D eigenvalue weighted by molar-refractivity contribution is 0.0995. The maximum absolute atomic E-state index is 10.9. The first-order chi connectivity index (χ1) is 7.68. The predicted molar refractivity (Wildman–Crippen MR) is 60.7 cm³/mol. The van der Waals surface area contributed by atoms with E-state index < -0.39 is 5.91 Å². The lowest BCUT2D eigenvalue weighted by Crippen LogP contribution is -2.13. The number of nitrogens with zero attached hydrogens (tertiary/aromatic N) is 2. The number of aromatic nitrogens is 2. The number of carbonyl (C=O) groups is 1. The van der Waals surface area contributed by atoms with Crippen molar-refractivity contribution in [2.24, 2.45) is 5.73 Å². The van der Waals surface area contributed by atoms with Crippen LogP contribution in [-0.4, -0.2) is 15.9 Å². The average molecular weight is 213 g/mol. The standard InChI is InChI=1S/C12H11N3O/c1-8-10(9-3-2-6-14-7-9)4-5-11(15-8)12(13)16/h2-7H,1H3,(H2,13,16). The van der Waals surface area contributed by atoms with E-state index in [0.29, 0.717) is 0 Å². The molecule has 2 N–H and O–H groups in total. The lowest BCUT2D eigenvalue weighted by atomic mass is 10.1. The number of rotatable bonds is 2. The highest BCUT2D eigenvalue weighted by Gasteiger charge is 2.07. The first-order valence-electron chi connectivity index (χ1n) is 4.86. The Bertz CT molecular complexity index is 523. The van der Waals surface area contributed by atoms with Gasteiger partial charge in [0.2, 0.25) is 0 Å². The molecule has 1 amide bonds. The Morgan fingerprint density at radius 2 is 2.12 bits per heavy atom. The molecule has 2 aromatic rings. The molecule has 80 valence electrons. The highest BCUT2D eigenvalue weighted by atomic mass is 16.1. The molecule has 16 heavy (non-hydrogen) atoms. The van der Waals surface area contributed by atoms with Gasteiger partial charge in [-0.1, -0.05) is 12.1 Å². The van der Waals surface area contributed by atoms with Gasteiger partial charge in [0.05, 0.1) is 0 Å². The first-order valence-corrected chi connectivity index (χ1v) is 4.86. The molecule has 2 heterocycles. The van der Waals surface area contributed by atoms with Crippen LogP contribution in [0.5, 0.6) is 0 Å². The Hall–Kier alpha value is -2.23. The third kappa shape index (κ3) is 1.91. The maximum Gasteiger partial charge on any atom is 0.267 e. The number of amides is 1. The van der Waals surface area contributed by atoms with Gasteiger partial charge in [0, 0.05) is 29.2 Å². The molecular formula is C12H11N3O. The number of nitrogens with two attached hydrogens (primary N) is 1. The number of aryl methyl sites for hydroxylation is 1. The molecule has 0 spiro atoms. The van der Waals surface area contributed by atoms with Crippen molar-refractivity contribution >= 4 is 5.91 Å². The van der Waals surface area contributed by atoms with Gasteiger partial charge in [-0.3, -0.25) is 9.78 Å². The molecule has 0 fully saturated rings. The monoisotopic (exact) mass is 213 g/mol. The Labute approximate surface area is 93.2 Å². The van der Waals surface area contributed by atoms with Gasteiger partial charge in [-0.25, -0.2) is 4.98 Å². The molecule has 4 heteroatoms. The van der Waals surface area contributed by atoms with E-state index in [9.17, 15) is 4.79 Å². The number of carbonyl (C=O) groups excluding carboxylic acids is 1. The molecule has 2 rings (SSSR count). The van der Waals surface area contributed by atoms with Crippen LogP contribution in [0.4, 0.5) is 0 Å². The average Bonchev–Trinajstić information content (AvgIpc) is 2.30. The van der Waals surface area contributed by atoms with Gasteiger partial charge in [0.25, 0.3) is 5.91 Å². The largest absolute Gasteiger partial charge is 0.364 e. The molecule has 0 atom stereocenters. The SMILES string of the molecule is Cc1nc(C(N)=O)ccc1-c1cccnc1. The molecule has 0 saturated heterocycles. The lowest BCUT2D eigenvalue weighted by Gasteiger charge is -2.05. The molecule has 0 unspecified atom stereocenters. The van der Waals surface area contributed by atoms with Gasteiger partial charge in [0.15, 0.2) is 0 Å². The molecule has 0 aromatic carbocycles. The normalized spacial score (nSPS) is 10.1. The Morgan fingerprint density at radius 3 is 2.69 bits per heavy atom. The second kappa shape index (κ2) is 4.10. The van der Waals surface area contributed by atoms with Gasteiger partial charge in [-0.2, -0.15) is 0 Å². The van der Waals surface area contributed by atoms with Crippen molar-refractivity contribution in [3.8, 4) is 11.1 Å². The van der Waals surface area contributed by atoms with Gasteiger partial charge < -0.3 is 5.73 Å². The third-order valence-corrected chi connectivity index (χ3v) is 2.31. The molecule has 0 bridgehead atoms. The smallest absolute Gasteiger partial charge is 0.267 e. The van der Waals surface area contributed by atoms with Crippen molar-refractivity contribution in [1.82, 2.24) is 9.97 Å². The van der Waals surface area contributed by atoms with Crippen molar-refractivity contribution in [3.05, 3.63) is 48.0 Å². The van der Waals surface area contributed by atoms with Gasteiger partial charge in [0.1, 0.15) is 5.69 Å². The summed E-state index contributed by atoms with van der Waals surface area (Å²) < 4.78 is 0. The Morgan fingerprint density at radius 1 is 1.31 bits per heavy atom. The first kappa shape index (κ1) is 10.3. The van der Waals surface area contributed by atoms with Crippen LogP contribution in [0.1, 0.15) is 16.2 Å². The zero-order valence-corrected chi connectivity index (χ0v) is 8.84. The fourth-order valence-electron chi connectivity index (χ4n) is 1.53. The summed E-state index contributed by atoms with van der Waals surface area (Å²) in [5, 5.41) is 0. The molecule has 0 saturated carbocycles. The van der Waals surface area contributed by atoms with Crippen molar-refractivity contribution in [3.63, 3.8) is 0 Å². The molecule has 0 radical (unpaired) electrons. The van der Waals surface area contributed by atoms with E-state index >= 15 is 0 Å². The van der Waals surface area contributed by atoms with E-state index in [1.807, 2.05) is 25.1 Å². The van der Waals surface area contributed by atoms with E-state index in [4.69, 9.17) is 5.73 Å². The Balaban J connectivity index is 2.48. The summed E-state index contributed by atoms with van der Waals surface area (Å²) in [7, 11) is 0. The fraction of sp³-hybridized carbons (Fsp3) is 0.0833. The topological polar surface area (TPSA) is 68.9 Å². The second-order valence-corrected chi connectivity index (χ2v) is 3.44. The van der Waals surface area contributed by atoms with Gasteiger partial charge in [-0.15, -0.1) is 0 Å². The molecule has 2 aromatic heterocycles. The van der Waals surface area contributed by atoms with E-state index in [2.05, 4.69) is 9.97 Å². The second-order valence-electron chi connectivity index (χ2n) is 3.44. The van der Waals surface area contributed by atoms with Crippen LogP contribution < -0.4 is 5.73 Å². The highest BCUT2D eigenvalue weighted by Crippen LogP contribution is 2.20. The van der Waals surface area contributed by atoms with Crippen LogP contribution in [-0.2, 0) is 0 Å². The number of primary amides is 1. The Kier molecular flexibility index (Phi) is 2.64. The summed E-state index contributed by atoms with van der Waals surface area (Å²) in [4.78, 5) is 19.1. The maximum atomic E-state index is 10.9. The minimum absolute atomic E-state index is 0.283. The van der Waals surface area contributed by atoms with E-state index in [-0.39, 0.29) is 5.69 Å². The summed E-state index contributed by atoms with van der Waals surface area (Å²) in [5.74, 6) is -0.513.